The van der Waals surface area contributed by atoms with Gasteiger partial charge in [0.1, 0.15) is 16.5 Å². The highest BCUT2D eigenvalue weighted by Crippen LogP contribution is 2.20. The van der Waals surface area contributed by atoms with Crippen LogP contribution in [0.3, 0.4) is 0 Å². The van der Waals surface area contributed by atoms with Crippen LogP contribution >= 0.6 is 0 Å². The van der Waals surface area contributed by atoms with E-state index < -0.39 is 16.5 Å². The third-order valence-corrected chi connectivity index (χ3v) is 10.3. The molecule has 0 bridgehead atoms. The first-order valence-electron chi connectivity index (χ1n) is 5.97. The largest absolute Gasteiger partial charge is 0.346 e. The maximum atomic E-state index is 2.88. The number of rotatable bonds is 6. The van der Waals surface area contributed by atoms with Crippen LogP contribution in [0.5, 0.6) is 0 Å². The zero-order valence-electron chi connectivity index (χ0n) is 11.3. The lowest BCUT2D eigenvalue weighted by Gasteiger charge is -2.43. The van der Waals surface area contributed by atoms with Crippen LogP contribution in [0.4, 0.5) is 0 Å². The lowest BCUT2D eigenvalue weighted by Crippen LogP contribution is -2.59. The zero-order chi connectivity index (χ0) is 11.4. The van der Waals surface area contributed by atoms with Crippen molar-refractivity contribution < 1.29 is 0 Å². The van der Waals surface area contributed by atoms with Crippen LogP contribution in [0.1, 0.15) is 26.2 Å². The van der Waals surface area contributed by atoms with E-state index in [1.165, 1.54) is 25.8 Å². The summed E-state index contributed by atoms with van der Waals surface area (Å²) in [6.07, 6.45) is 4.13. The van der Waals surface area contributed by atoms with E-state index in [1.807, 2.05) is 0 Å². The summed E-state index contributed by atoms with van der Waals surface area (Å²) < 4.78 is 2.88. The van der Waals surface area contributed by atoms with Crippen LogP contribution < -0.4 is 0 Å². The van der Waals surface area contributed by atoms with Gasteiger partial charge in [-0.1, -0.05) is 59.0 Å². The monoisotopic (exact) mass is 231 g/mol. The molecule has 0 saturated carbocycles. The molecule has 0 aliphatic heterocycles. The van der Waals surface area contributed by atoms with Crippen LogP contribution in [-0.4, -0.2) is 27.2 Å². The molecule has 0 atom stereocenters. The van der Waals surface area contributed by atoms with E-state index in [2.05, 4.69) is 50.4 Å². The molecule has 0 radical (unpaired) electrons. The Morgan fingerprint density at radius 3 is 1.50 bits per heavy atom. The van der Waals surface area contributed by atoms with Crippen molar-refractivity contribution >= 4 is 16.5 Å². The molecule has 0 amide bonds. The lowest BCUT2D eigenvalue weighted by molar-refractivity contribution is 0.558. The highest BCUT2D eigenvalue weighted by Gasteiger charge is 2.33. The van der Waals surface area contributed by atoms with Crippen molar-refractivity contribution in [3.63, 3.8) is 0 Å². The van der Waals surface area contributed by atoms with Crippen molar-refractivity contribution in [2.45, 2.75) is 65.5 Å². The lowest BCUT2D eigenvalue weighted by atomic mass is 10.3. The number of hydrogen-bond acceptors (Lipinski definition) is 1. The summed E-state index contributed by atoms with van der Waals surface area (Å²) in [6.45, 7) is 18.5. The van der Waals surface area contributed by atoms with Gasteiger partial charge in [0.15, 0.2) is 0 Å². The van der Waals surface area contributed by atoms with Crippen molar-refractivity contribution in [1.82, 2.24) is 4.23 Å². The van der Waals surface area contributed by atoms with Crippen LogP contribution in [-0.2, 0) is 0 Å². The van der Waals surface area contributed by atoms with E-state index in [1.54, 1.807) is 0 Å². The minimum atomic E-state index is -1.08. The van der Waals surface area contributed by atoms with Crippen LogP contribution in [0.2, 0.25) is 39.3 Å². The molecule has 0 aliphatic carbocycles. The molecule has 0 aromatic rings. The topological polar surface area (TPSA) is 3.24 Å². The maximum absolute atomic E-state index is 2.88. The molecule has 86 valence electrons. The average Bonchev–Trinajstić information content (AvgIpc) is 1.92. The Balaban J connectivity index is 4.28. The molecule has 1 nitrogen and oxygen atoms in total. The summed E-state index contributed by atoms with van der Waals surface area (Å²) in [5.41, 5.74) is 0. The van der Waals surface area contributed by atoms with Gasteiger partial charge in [-0.25, -0.2) is 0 Å². The van der Waals surface area contributed by atoms with Gasteiger partial charge in [0, 0.05) is 0 Å². The van der Waals surface area contributed by atoms with Gasteiger partial charge in [0.25, 0.3) is 0 Å². The first-order valence-corrected chi connectivity index (χ1v) is 12.9. The number of unbranched alkanes of at least 4 members (excludes halogenated alkanes) is 2. The predicted molar refractivity (Wildman–Crippen MR) is 72.9 cm³/mol. The van der Waals surface area contributed by atoms with Gasteiger partial charge in [-0.15, -0.1) is 0 Å². The van der Waals surface area contributed by atoms with E-state index in [4.69, 9.17) is 0 Å². The minimum absolute atomic E-state index is 1.08. The van der Waals surface area contributed by atoms with Gasteiger partial charge in [-0.3, -0.25) is 0 Å². The van der Waals surface area contributed by atoms with Crippen LogP contribution in [0.15, 0.2) is 0 Å². The Morgan fingerprint density at radius 2 is 1.21 bits per heavy atom. The van der Waals surface area contributed by atoms with Gasteiger partial charge in [0.05, 0.1) is 0 Å². The highest BCUT2D eigenvalue weighted by atomic mass is 28.4. The molecule has 0 heterocycles. The predicted octanol–water partition coefficient (Wildman–Crippen LogP) is 4.15. The van der Waals surface area contributed by atoms with E-state index >= 15 is 0 Å². The van der Waals surface area contributed by atoms with Crippen molar-refractivity contribution in [2.24, 2.45) is 0 Å². The van der Waals surface area contributed by atoms with Crippen molar-refractivity contribution in [2.75, 3.05) is 6.54 Å². The summed E-state index contributed by atoms with van der Waals surface area (Å²) in [7, 11) is -2.15. The van der Waals surface area contributed by atoms with Crippen LogP contribution in [0, 0.1) is 0 Å². The number of nitrogens with zero attached hydrogens (tertiary/aromatic N) is 1. The van der Waals surface area contributed by atoms with Crippen molar-refractivity contribution in [3.05, 3.63) is 0 Å². The van der Waals surface area contributed by atoms with Gasteiger partial charge in [-0.05, 0) is 13.0 Å². The summed E-state index contributed by atoms with van der Waals surface area (Å²) in [5.74, 6) is 0. The minimum Gasteiger partial charge on any atom is -0.346 e. The SMILES string of the molecule is CCCCCN([Si](C)(C)C)[Si](C)(C)C. The zero-order valence-corrected chi connectivity index (χ0v) is 13.3. The van der Waals surface area contributed by atoms with Gasteiger partial charge in [-0.2, -0.15) is 0 Å². The first kappa shape index (κ1) is 14.4. The van der Waals surface area contributed by atoms with E-state index in [-0.39, 0.29) is 0 Å². The Bertz CT molecular complexity index is 142. The Labute approximate surface area is 93.1 Å². The smallest absolute Gasteiger partial charge is 0.112 e. The summed E-state index contributed by atoms with van der Waals surface area (Å²) >= 11 is 0. The van der Waals surface area contributed by atoms with E-state index in [9.17, 15) is 0 Å². The molecule has 0 rings (SSSR count). The molecule has 0 fully saturated rings. The Hall–Kier alpha value is 0.394. The van der Waals surface area contributed by atoms with Crippen molar-refractivity contribution in [1.29, 1.82) is 0 Å². The first-order chi connectivity index (χ1) is 6.19. The summed E-state index contributed by atoms with van der Waals surface area (Å²) in [5, 5.41) is 0. The van der Waals surface area contributed by atoms with Gasteiger partial charge < -0.3 is 4.23 Å². The van der Waals surface area contributed by atoms with Gasteiger partial charge in [0.2, 0.25) is 0 Å². The Kier molecular flexibility index (Phi) is 5.62. The average molecular weight is 232 g/mol. The second-order valence-electron chi connectivity index (χ2n) is 6.20. The summed E-state index contributed by atoms with van der Waals surface area (Å²) in [4.78, 5) is 0. The Morgan fingerprint density at radius 1 is 0.786 bits per heavy atom. The third-order valence-electron chi connectivity index (χ3n) is 2.60. The quantitative estimate of drug-likeness (QED) is 0.490. The number of hydrogen-bond donors (Lipinski definition) is 0. The van der Waals surface area contributed by atoms with Crippen molar-refractivity contribution in [3.8, 4) is 0 Å². The molecular weight excluding hydrogens is 202 g/mol. The molecule has 0 aromatic carbocycles. The fourth-order valence-corrected chi connectivity index (χ4v) is 11.9. The second-order valence-corrected chi connectivity index (χ2v) is 16.4. The molecule has 14 heavy (non-hydrogen) atoms. The molecule has 0 N–H and O–H groups in total. The molecule has 0 unspecified atom stereocenters. The summed E-state index contributed by atoms with van der Waals surface area (Å²) in [6, 6.07) is 0. The molecule has 0 aromatic heterocycles. The fraction of sp³-hybridized carbons (Fsp3) is 1.00. The second kappa shape index (κ2) is 5.47. The van der Waals surface area contributed by atoms with Gasteiger partial charge >= 0.3 is 0 Å². The highest BCUT2D eigenvalue weighted by molar-refractivity contribution is 6.89. The normalized spacial score (nSPS) is 13.7. The van der Waals surface area contributed by atoms with E-state index in [0.717, 1.165) is 0 Å². The molecule has 3 heteroatoms. The molecule has 0 saturated heterocycles. The maximum Gasteiger partial charge on any atom is 0.112 e. The van der Waals surface area contributed by atoms with E-state index in [0.29, 0.717) is 0 Å². The standard InChI is InChI=1S/C11H29NSi2/c1-8-9-10-11-12(13(2,3)4)14(5,6)7/h8-11H2,1-7H3. The molecule has 0 spiro atoms. The molecule has 0 aliphatic rings. The third kappa shape index (κ3) is 5.32. The van der Waals surface area contributed by atoms with Crippen LogP contribution in [0.25, 0.3) is 0 Å². The fourth-order valence-electron chi connectivity index (χ4n) is 2.20. The molecular formula is C11H29NSi2.